The predicted molar refractivity (Wildman–Crippen MR) is 122 cm³/mol. The van der Waals surface area contributed by atoms with E-state index in [4.69, 9.17) is 30.6 Å². The summed E-state index contributed by atoms with van der Waals surface area (Å²) in [6.07, 6.45) is 0.349. The first-order valence-electron chi connectivity index (χ1n) is 11.1. The number of aryl methyl sites for hydroxylation is 1. The van der Waals surface area contributed by atoms with Crippen molar-refractivity contribution in [3.63, 3.8) is 0 Å². The first kappa shape index (κ1) is 24.4. The normalized spacial score (nSPS) is 24.0. The molecule has 2 heterocycles. The van der Waals surface area contributed by atoms with E-state index in [-0.39, 0.29) is 25.6 Å². The topological polar surface area (TPSA) is 110 Å². The van der Waals surface area contributed by atoms with Crippen LogP contribution in [0.4, 0.5) is 0 Å². The number of hydrogen-bond acceptors (Lipinski definition) is 8. The van der Waals surface area contributed by atoms with E-state index in [1.807, 2.05) is 32.9 Å². The minimum Gasteiger partial charge on any atom is -0.424 e. The van der Waals surface area contributed by atoms with Gasteiger partial charge in [-0.1, -0.05) is 23.7 Å². The van der Waals surface area contributed by atoms with Gasteiger partial charge >= 0.3 is 5.97 Å². The fourth-order valence-electron chi connectivity index (χ4n) is 4.47. The van der Waals surface area contributed by atoms with Gasteiger partial charge in [0.05, 0.1) is 29.9 Å². The summed E-state index contributed by atoms with van der Waals surface area (Å²) in [4.78, 5) is 33.3. The quantitative estimate of drug-likeness (QED) is 0.324. The van der Waals surface area contributed by atoms with E-state index in [1.165, 1.54) is 0 Å². The molecule has 1 fully saturated rings. The summed E-state index contributed by atoms with van der Waals surface area (Å²) in [6.45, 7) is 7.57. The van der Waals surface area contributed by atoms with E-state index in [0.29, 0.717) is 16.5 Å². The van der Waals surface area contributed by atoms with Gasteiger partial charge in [0.2, 0.25) is 0 Å². The van der Waals surface area contributed by atoms with E-state index in [9.17, 15) is 14.9 Å². The highest BCUT2D eigenvalue weighted by molar-refractivity contribution is 6.30. The number of ether oxygens (including phenoxy) is 3. The second-order valence-corrected chi connectivity index (χ2v) is 10.0. The lowest BCUT2D eigenvalue weighted by molar-refractivity contribution is -0.770. The Bertz CT molecular complexity index is 1080. The van der Waals surface area contributed by atoms with E-state index >= 15 is 0 Å². The number of esters is 1. The Morgan fingerprint density at radius 3 is 2.53 bits per heavy atom. The predicted octanol–water partition coefficient (Wildman–Crippen LogP) is 4.74. The number of pyridine rings is 1. The van der Waals surface area contributed by atoms with Crippen LogP contribution in [0.3, 0.4) is 0 Å². The summed E-state index contributed by atoms with van der Waals surface area (Å²) in [6, 6.07) is 7.36. The molecule has 4 atom stereocenters. The van der Waals surface area contributed by atoms with Crippen molar-refractivity contribution < 1.29 is 28.9 Å². The molecule has 0 bridgehead atoms. The first-order valence-corrected chi connectivity index (χ1v) is 11.5. The molecule has 9 nitrogen and oxygen atoms in total. The highest BCUT2D eigenvalue weighted by Gasteiger charge is 2.44. The maximum atomic E-state index is 13.1. The van der Waals surface area contributed by atoms with Gasteiger partial charge in [-0.15, -0.1) is 10.1 Å². The highest BCUT2D eigenvalue weighted by atomic mass is 35.5. The van der Waals surface area contributed by atoms with Crippen molar-refractivity contribution in [3.8, 4) is 5.75 Å². The third-order valence-electron chi connectivity index (χ3n) is 5.91. The summed E-state index contributed by atoms with van der Waals surface area (Å²) in [5.74, 6) is -0.738. The van der Waals surface area contributed by atoms with E-state index in [0.717, 1.165) is 16.7 Å². The maximum Gasteiger partial charge on any atom is 0.314 e. The Balaban J connectivity index is 1.53. The molecule has 1 aromatic carbocycles. The van der Waals surface area contributed by atoms with Crippen LogP contribution in [0, 0.1) is 23.0 Å². The van der Waals surface area contributed by atoms with Crippen LogP contribution in [-0.2, 0) is 25.7 Å². The van der Waals surface area contributed by atoms with Crippen molar-refractivity contribution in [1.82, 2.24) is 4.98 Å². The summed E-state index contributed by atoms with van der Waals surface area (Å²) < 4.78 is 17.8. The molecule has 182 valence electrons. The van der Waals surface area contributed by atoms with Gasteiger partial charge in [0.15, 0.2) is 5.75 Å². The molecule has 0 radical (unpaired) electrons. The Hall–Kier alpha value is -2.75. The first-order chi connectivity index (χ1) is 16.0. The number of hydrogen-bond donors (Lipinski definition) is 0. The van der Waals surface area contributed by atoms with Crippen molar-refractivity contribution in [2.75, 3.05) is 0 Å². The molecule has 2 aromatic rings. The molecule has 1 saturated carbocycles. The maximum absolute atomic E-state index is 13.1. The lowest BCUT2D eigenvalue weighted by Gasteiger charge is -2.27. The van der Waals surface area contributed by atoms with Crippen molar-refractivity contribution in [1.29, 1.82) is 0 Å². The molecule has 0 unspecified atom stereocenters. The third kappa shape index (κ3) is 5.32. The van der Waals surface area contributed by atoms with Crippen LogP contribution < -0.4 is 4.74 Å². The van der Waals surface area contributed by atoms with Crippen LogP contribution in [0.5, 0.6) is 5.75 Å². The summed E-state index contributed by atoms with van der Waals surface area (Å²) in [5.41, 5.74) is 2.52. The molecule has 0 amide bonds. The van der Waals surface area contributed by atoms with Gasteiger partial charge in [0.25, 0.3) is 5.09 Å². The average Bonchev–Trinajstić information content (AvgIpc) is 3.33. The standard InChI is InChI=1S/C24H27ClN2O7/c1-13-21(18-12-31-22(17(18)11-26-13)14-5-7-16(25)8-6-14)32-23(28)15-9-19(33-24(2,3)4)20(10-15)34-27(29)30/h5-8,11,15,19-20,22H,9-10,12H2,1-4H3/t15-,19+,20+,22-/m0/s1. The van der Waals surface area contributed by atoms with Crippen molar-refractivity contribution >= 4 is 17.6 Å². The molecule has 1 aliphatic heterocycles. The number of halogens is 1. The van der Waals surface area contributed by atoms with Crippen molar-refractivity contribution in [2.24, 2.45) is 5.92 Å². The lowest BCUT2D eigenvalue weighted by Crippen LogP contribution is -2.35. The van der Waals surface area contributed by atoms with Gasteiger partial charge in [0.1, 0.15) is 12.2 Å². The molecule has 34 heavy (non-hydrogen) atoms. The molecular formula is C24H27ClN2O7. The summed E-state index contributed by atoms with van der Waals surface area (Å²) in [5, 5.41) is 10.7. The molecule has 1 aliphatic carbocycles. The number of aromatic nitrogens is 1. The Morgan fingerprint density at radius 2 is 1.88 bits per heavy atom. The van der Waals surface area contributed by atoms with Crippen LogP contribution >= 0.6 is 11.6 Å². The van der Waals surface area contributed by atoms with E-state index in [1.54, 1.807) is 25.3 Å². The SMILES string of the molecule is Cc1ncc2c(c1OC(=O)[C@@H]1C[C@@H](O[N+](=O)[O-])[C@H](OC(C)(C)C)C1)CO[C@H]2c1ccc(Cl)cc1. The summed E-state index contributed by atoms with van der Waals surface area (Å²) in [7, 11) is 0. The number of carbonyl (C=O) groups excluding carboxylic acids is 1. The lowest BCUT2D eigenvalue weighted by atomic mass is 10.00. The van der Waals surface area contributed by atoms with E-state index < -0.39 is 34.8 Å². The third-order valence-corrected chi connectivity index (χ3v) is 6.16. The van der Waals surface area contributed by atoms with Crippen LogP contribution in [-0.4, -0.2) is 33.8 Å². The van der Waals surface area contributed by atoms with Crippen LogP contribution in [0.15, 0.2) is 30.5 Å². The summed E-state index contributed by atoms with van der Waals surface area (Å²) >= 11 is 6.00. The van der Waals surface area contributed by atoms with Crippen LogP contribution in [0.1, 0.15) is 62.1 Å². The van der Waals surface area contributed by atoms with Crippen molar-refractivity contribution in [2.45, 2.75) is 71.1 Å². The van der Waals surface area contributed by atoms with E-state index in [2.05, 4.69) is 4.98 Å². The Morgan fingerprint density at radius 1 is 1.21 bits per heavy atom. The fourth-order valence-corrected chi connectivity index (χ4v) is 4.60. The smallest absolute Gasteiger partial charge is 0.314 e. The molecule has 4 rings (SSSR count). The minimum absolute atomic E-state index is 0.131. The highest BCUT2D eigenvalue weighted by Crippen LogP contribution is 2.42. The second-order valence-electron chi connectivity index (χ2n) is 9.57. The van der Waals surface area contributed by atoms with Gasteiger partial charge in [-0.2, -0.15) is 0 Å². The number of rotatable bonds is 6. The monoisotopic (exact) mass is 490 g/mol. The molecule has 0 saturated heterocycles. The van der Waals surface area contributed by atoms with Gasteiger partial charge in [0, 0.05) is 22.3 Å². The largest absolute Gasteiger partial charge is 0.424 e. The molecule has 2 aliphatic rings. The molecule has 10 heteroatoms. The molecule has 1 aromatic heterocycles. The van der Waals surface area contributed by atoms with Crippen molar-refractivity contribution in [3.05, 3.63) is 68.0 Å². The zero-order valence-electron chi connectivity index (χ0n) is 19.4. The van der Waals surface area contributed by atoms with Crippen LogP contribution in [0.25, 0.3) is 0 Å². The van der Waals surface area contributed by atoms with Gasteiger partial charge in [-0.3, -0.25) is 9.78 Å². The number of fused-ring (bicyclic) bond motifs is 1. The van der Waals surface area contributed by atoms with Crippen LogP contribution in [0.2, 0.25) is 5.02 Å². The second kappa shape index (κ2) is 9.48. The minimum atomic E-state index is -0.843. The number of nitrogens with zero attached hydrogens (tertiary/aromatic N) is 2. The van der Waals surface area contributed by atoms with Gasteiger partial charge in [-0.25, -0.2) is 0 Å². The Labute approximate surface area is 202 Å². The van der Waals surface area contributed by atoms with Gasteiger partial charge < -0.3 is 19.0 Å². The molecule has 0 spiro atoms. The average molecular weight is 491 g/mol. The zero-order valence-corrected chi connectivity index (χ0v) is 20.2. The Kier molecular flexibility index (Phi) is 6.80. The number of benzene rings is 1. The molecule has 0 N–H and O–H groups in total. The zero-order chi connectivity index (χ0) is 24.6. The fraction of sp³-hybridized carbons (Fsp3) is 0.500. The number of carbonyl (C=O) groups is 1. The van der Waals surface area contributed by atoms with Gasteiger partial charge in [-0.05, 0) is 58.2 Å². The molecular weight excluding hydrogens is 464 g/mol.